The molecule has 0 spiro atoms. The highest BCUT2D eigenvalue weighted by Gasteiger charge is 2.32. The molecule has 9 heteroatoms. The first-order valence-electron chi connectivity index (χ1n) is 11.9. The van der Waals surface area contributed by atoms with E-state index in [4.69, 9.17) is 14.0 Å². The number of carboxylic acids is 1. The van der Waals surface area contributed by atoms with Gasteiger partial charge in [0.25, 0.3) is 0 Å². The van der Waals surface area contributed by atoms with Gasteiger partial charge in [0.1, 0.15) is 18.1 Å². The van der Waals surface area contributed by atoms with E-state index in [1.165, 1.54) is 0 Å². The van der Waals surface area contributed by atoms with Gasteiger partial charge >= 0.3 is 12.1 Å². The Balaban J connectivity index is 1.42. The van der Waals surface area contributed by atoms with Crippen LogP contribution < -0.4 is 4.74 Å². The normalized spacial score (nSPS) is 24.2. The molecule has 4 rings (SSSR count). The summed E-state index contributed by atoms with van der Waals surface area (Å²) in [6.07, 6.45) is 4.36. The number of aliphatic carboxylic acids is 1. The van der Waals surface area contributed by atoms with Gasteiger partial charge in [0.15, 0.2) is 5.76 Å². The maximum atomic E-state index is 12.5. The standard InChI is InChI=1S/C25H33N3O6/c1-14-10-18(11-14)28(4)25(31)32-13-20-15(2)27-34-23(20)21-8-9-22(16(3)26-21)33-19-7-5-6-17(12-19)24(29)30/h8-9,14,17-19H,5-7,10-13H2,1-4H3,(H,29,30)/t14?,17-,18?,19-/m0/s1. The summed E-state index contributed by atoms with van der Waals surface area (Å²) in [4.78, 5) is 30.1. The molecular weight excluding hydrogens is 438 g/mol. The molecule has 2 aliphatic rings. The number of rotatable bonds is 7. The van der Waals surface area contributed by atoms with Crippen molar-refractivity contribution in [2.75, 3.05) is 7.05 Å². The predicted octanol–water partition coefficient (Wildman–Crippen LogP) is 4.74. The van der Waals surface area contributed by atoms with Crippen LogP contribution in [0.15, 0.2) is 16.7 Å². The lowest BCUT2D eigenvalue weighted by Crippen LogP contribution is -2.44. The SMILES string of the molecule is Cc1nc(-c2onc(C)c2COC(=O)N(C)C2CC(C)C2)ccc1O[C@H]1CCC[C@H](C(=O)O)C1. The lowest BCUT2D eigenvalue weighted by atomic mass is 9.81. The number of pyridine rings is 1. The summed E-state index contributed by atoms with van der Waals surface area (Å²) in [6.45, 7) is 5.87. The van der Waals surface area contributed by atoms with Crippen LogP contribution in [-0.4, -0.2) is 51.4 Å². The summed E-state index contributed by atoms with van der Waals surface area (Å²) in [5.74, 6) is 0.607. The van der Waals surface area contributed by atoms with E-state index < -0.39 is 5.97 Å². The van der Waals surface area contributed by atoms with Gasteiger partial charge in [-0.2, -0.15) is 0 Å². The van der Waals surface area contributed by atoms with Crippen LogP contribution in [-0.2, 0) is 16.1 Å². The molecule has 2 aromatic heterocycles. The molecule has 0 radical (unpaired) electrons. The third-order valence-corrected chi connectivity index (χ3v) is 7.05. The van der Waals surface area contributed by atoms with E-state index >= 15 is 0 Å². The highest BCUT2D eigenvalue weighted by Crippen LogP contribution is 2.33. The molecule has 0 bridgehead atoms. The van der Waals surface area contributed by atoms with Crippen molar-refractivity contribution in [2.45, 2.75) is 78.0 Å². The molecule has 2 aromatic rings. The first-order chi connectivity index (χ1) is 16.2. The van der Waals surface area contributed by atoms with Crippen LogP contribution in [0.25, 0.3) is 11.5 Å². The van der Waals surface area contributed by atoms with Crippen LogP contribution in [0.5, 0.6) is 5.75 Å². The summed E-state index contributed by atoms with van der Waals surface area (Å²) in [5.41, 5.74) is 2.57. The first-order valence-corrected chi connectivity index (χ1v) is 11.9. The van der Waals surface area contributed by atoms with Gasteiger partial charge < -0.3 is 24.0 Å². The molecule has 0 aromatic carbocycles. The number of amides is 1. The van der Waals surface area contributed by atoms with Crippen molar-refractivity contribution < 1.29 is 28.7 Å². The summed E-state index contributed by atoms with van der Waals surface area (Å²) >= 11 is 0. The average Bonchev–Trinajstić information content (AvgIpc) is 3.16. The van der Waals surface area contributed by atoms with Crippen molar-refractivity contribution in [2.24, 2.45) is 11.8 Å². The number of carboxylic acid groups (broad SMARTS) is 1. The molecule has 9 nitrogen and oxygen atoms in total. The van der Waals surface area contributed by atoms with Crippen LogP contribution >= 0.6 is 0 Å². The molecule has 0 unspecified atom stereocenters. The van der Waals surface area contributed by atoms with E-state index in [1.807, 2.05) is 13.0 Å². The van der Waals surface area contributed by atoms with E-state index in [2.05, 4.69) is 17.1 Å². The molecule has 2 fully saturated rings. The van der Waals surface area contributed by atoms with Gasteiger partial charge in [-0.3, -0.25) is 4.79 Å². The average molecular weight is 472 g/mol. The zero-order chi connectivity index (χ0) is 24.4. The summed E-state index contributed by atoms with van der Waals surface area (Å²) in [6, 6.07) is 3.84. The zero-order valence-corrected chi connectivity index (χ0v) is 20.2. The largest absolute Gasteiger partial charge is 0.489 e. The maximum absolute atomic E-state index is 12.5. The fourth-order valence-electron chi connectivity index (χ4n) is 4.78. The second-order valence-corrected chi connectivity index (χ2v) is 9.69. The molecule has 1 amide bonds. The highest BCUT2D eigenvalue weighted by molar-refractivity contribution is 5.70. The van der Waals surface area contributed by atoms with Crippen molar-refractivity contribution in [1.82, 2.24) is 15.0 Å². The molecule has 2 atom stereocenters. The van der Waals surface area contributed by atoms with Crippen molar-refractivity contribution in [3.63, 3.8) is 0 Å². The number of ether oxygens (including phenoxy) is 2. The molecule has 184 valence electrons. The number of nitrogens with zero attached hydrogens (tertiary/aromatic N) is 3. The second kappa shape index (κ2) is 10.0. The van der Waals surface area contributed by atoms with Crippen molar-refractivity contribution in [1.29, 1.82) is 0 Å². The van der Waals surface area contributed by atoms with Gasteiger partial charge in [0.05, 0.1) is 29.0 Å². The zero-order valence-electron chi connectivity index (χ0n) is 20.2. The number of aromatic nitrogens is 2. The van der Waals surface area contributed by atoms with Gasteiger partial charge in [-0.1, -0.05) is 12.1 Å². The van der Waals surface area contributed by atoms with Crippen molar-refractivity contribution in [3.05, 3.63) is 29.1 Å². The molecule has 2 heterocycles. The van der Waals surface area contributed by atoms with Crippen LogP contribution in [0, 0.1) is 25.7 Å². The minimum absolute atomic E-state index is 0.0493. The van der Waals surface area contributed by atoms with Crippen LogP contribution in [0.4, 0.5) is 4.79 Å². The number of carbonyl (C=O) groups is 2. The van der Waals surface area contributed by atoms with Gasteiger partial charge in [-0.05, 0) is 70.4 Å². The quantitative estimate of drug-likeness (QED) is 0.616. The van der Waals surface area contributed by atoms with Gasteiger partial charge in [0, 0.05) is 13.1 Å². The van der Waals surface area contributed by atoms with Gasteiger partial charge in [-0.25, -0.2) is 9.78 Å². The van der Waals surface area contributed by atoms with E-state index in [1.54, 1.807) is 24.9 Å². The lowest BCUT2D eigenvalue weighted by molar-refractivity contribution is -0.143. The second-order valence-electron chi connectivity index (χ2n) is 9.69. The van der Waals surface area contributed by atoms with E-state index in [-0.39, 0.29) is 30.8 Å². The fourth-order valence-corrected chi connectivity index (χ4v) is 4.78. The Morgan fingerprint density at radius 3 is 2.62 bits per heavy atom. The molecule has 2 aliphatic carbocycles. The smallest absolute Gasteiger partial charge is 0.410 e. The number of aryl methyl sites for hydroxylation is 2. The Labute approximate surface area is 199 Å². The fraction of sp³-hybridized carbons (Fsp3) is 0.600. The highest BCUT2D eigenvalue weighted by atomic mass is 16.6. The van der Waals surface area contributed by atoms with Gasteiger partial charge in [-0.15, -0.1) is 0 Å². The van der Waals surface area contributed by atoms with Crippen molar-refractivity contribution in [3.8, 4) is 17.2 Å². The number of hydrogen-bond acceptors (Lipinski definition) is 7. The third-order valence-electron chi connectivity index (χ3n) is 7.05. The molecule has 0 saturated heterocycles. The molecule has 0 aliphatic heterocycles. The predicted molar refractivity (Wildman–Crippen MR) is 123 cm³/mol. The van der Waals surface area contributed by atoms with Crippen LogP contribution in [0.3, 0.4) is 0 Å². The Morgan fingerprint density at radius 1 is 1.18 bits per heavy atom. The monoisotopic (exact) mass is 471 g/mol. The van der Waals surface area contributed by atoms with Gasteiger partial charge in [0.2, 0.25) is 0 Å². The minimum Gasteiger partial charge on any atom is -0.489 e. The minimum atomic E-state index is -0.763. The molecule has 2 saturated carbocycles. The molecule has 34 heavy (non-hydrogen) atoms. The lowest BCUT2D eigenvalue weighted by Gasteiger charge is -2.38. The van der Waals surface area contributed by atoms with Crippen LogP contribution in [0.1, 0.15) is 62.4 Å². The molecular formula is C25H33N3O6. The van der Waals surface area contributed by atoms with E-state index in [9.17, 15) is 14.7 Å². The molecule has 1 N–H and O–H groups in total. The Kier molecular flexibility index (Phi) is 7.09. The summed E-state index contributed by atoms with van der Waals surface area (Å²) in [7, 11) is 1.77. The van der Waals surface area contributed by atoms with Crippen molar-refractivity contribution >= 4 is 12.1 Å². The van der Waals surface area contributed by atoms with E-state index in [0.29, 0.717) is 52.9 Å². The summed E-state index contributed by atoms with van der Waals surface area (Å²) in [5, 5.41) is 13.4. The Bertz CT molecular complexity index is 1050. The first kappa shape index (κ1) is 24.0. The topological polar surface area (TPSA) is 115 Å². The Morgan fingerprint density at radius 2 is 1.94 bits per heavy atom. The summed E-state index contributed by atoms with van der Waals surface area (Å²) < 4.78 is 17.2. The third kappa shape index (κ3) is 5.18. The number of hydrogen-bond donors (Lipinski definition) is 1. The maximum Gasteiger partial charge on any atom is 0.410 e. The van der Waals surface area contributed by atoms with E-state index in [0.717, 1.165) is 25.7 Å². The Hall–Kier alpha value is -3.10. The van der Waals surface area contributed by atoms with Crippen LogP contribution in [0.2, 0.25) is 0 Å². The number of carbonyl (C=O) groups excluding carboxylic acids is 1.